The van der Waals surface area contributed by atoms with Crippen LogP contribution in [0.25, 0.3) is 0 Å². The molecule has 1 heterocycles. The number of amides is 1. The highest BCUT2D eigenvalue weighted by atomic mass is 35.5. The van der Waals surface area contributed by atoms with Crippen LogP contribution in [0.2, 0.25) is 5.02 Å². The molecule has 44 heavy (non-hydrogen) atoms. The molecule has 0 bridgehead atoms. The van der Waals surface area contributed by atoms with Crippen molar-refractivity contribution in [2.45, 2.75) is 22.6 Å². The zero-order chi connectivity index (χ0) is 31.5. The highest BCUT2D eigenvalue weighted by molar-refractivity contribution is 7.93. The summed E-state index contributed by atoms with van der Waals surface area (Å²) in [5.74, 6) is -0.249. The molecule has 4 aromatic carbocycles. The van der Waals surface area contributed by atoms with E-state index in [0.717, 1.165) is 17.1 Å². The molecule has 0 spiro atoms. The number of nitrogens with one attached hydrogen (secondary N) is 2. The smallest absolute Gasteiger partial charge is 0.264 e. The number of benzene rings is 4. The first kappa shape index (κ1) is 31.2. The molecule has 1 fully saturated rings. The molecule has 0 saturated carbocycles. The number of ether oxygens (including phenoxy) is 1. The maximum atomic E-state index is 13.7. The molecule has 2 N–H and O–H groups in total. The fourth-order valence-electron chi connectivity index (χ4n) is 4.93. The normalized spacial score (nSPS) is 13.4. The van der Waals surface area contributed by atoms with Gasteiger partial charge in [0.25, 0.3) is 26.0 Å². The van der Waals surface area contributed by atoms with Crippen molar-refractivity contribution in [1.82, 2.24) is 0 Å². The van der Waals surface area contributed by atoms with Crippen LogP contribution in [0.4, 0.5) is 22.7 Å². The number of para-hydroxylation sites is 2. The van der Waals surface area contributed by atoms with Gasteiger partial charge >= 0.3 is 0 Å². The van der Waals surface area contributed by atoms with Gasteiger partial charge in [0.15, 0.2) is 0 Å². The number of carbonyl (C=O) groups excluding carboxylic acids is 1. The van der Waals surface area contributed by atoms with Crippen molar-refractivity contribution in [3.8, 4) is 5.75 Å². The molecule has 1 aliphatic heterocycles. The lowest BCUT2D eigenvalue weighted by Crippen LogP contribution is -2.27. The predicted octanol–water partition coefficient (Wildman–Crippen LogP) is 5.83. The SMILES string of the molecule is COc1ccccc1NS(=O)(=O)c1cc(NC(=O)c2cccc(S(=O)(=O)N(C)c3cccc(Cl)c3)c2)ccc1N1CCCC1. The number of rotatable bonds is 10. The van der Waals surface area contributed by atoms with Crippen molar-refractivity contribution in [1.29, 1.82) is 0 Å². The standard InChI is InChI=1S/C31H31ClN4O6S2/c1-35(25-11-8-10-23(32)20-25)44(40,41)26-12-7-9-22(19-26)31(37)33-24-15-16-28(36-17-5-6-18-36)30(21-24)43(38,39)34-27-13-3-4-14-29(27)42-2/h3-4,7-16,19-21,34H,5-6,17-18H2,1-2H3,(H,33,37). The van der Waals surface area contributed by atoms with Crippen LogP contribution in [-0.2, 0) is 20.0 Å². The van der Waals surface area contributed by atoms with E-state index in [-0.39, 0.29) is 26.7 Å². The average molecular weight is 655 g/mol. The molecule has 0 aliphatic carbocycles. The summed E-state index contributed by atoms with van der Waals surface area (Å²) in [5, 5.41) is 3.10. The summed E-state index contributed by atoms with van der Waals surface area (Å²) in [7, 11) is -5.29. The third-order valence-corrected chi connectivity index (χ3v) is 10.6. The van der Waals surface area contributed by atoms with Crippen molar-refractivity contribution in [3.63, 3.8) is 0 Å². The van der Waals surface area contributed by atoms with Gasteiger partial charge in [-0.25, -0.2) is 16.8 Å². The maximum Gasteiger partial charge on any atom is 0.264 e. The zero-order valence-electron chi connectivity index (χ0n) is 24.0. The Kier molecular flexibility index (Phi) is 9.05. The summed E-state index contributed by atoms with van der Waals surface area (Å²) in [5.41, 5.74) is 1.45. The van der Waals surface area contributed by atoms with Crippen LogP contribution in [0.3, 0.4) is 0 Å². The number of methoxy groups -OCH3 is 1. The zero-order valence-corrected chi connectivity index (χ0v) is 26.4. The Morgan fingerprint density at radius 2 is 1.61 bits per heavy atom. The Morgan fingerprint density at radius 3 is 2.34 bits per heavy atom. The van der Waals surface area contributed by atoms with E-state index >= 15 is 0 Å². The highest BCUT2D eigenvalue weighted by Gasteiger charge is 2.27. The van der Waals surface area contributed by atoms with Gasteiger partial charge in [-0.2, -0.15) is 0 Å². The molecule has 10 nitrogen and oxygen atoms in total. The molecular formula is C31H31ClN4O6S2. The van der Waals surface area contributed by atoms with Crippen molar-refractivity contribution in [2.75, 3.05) is 46.5 Å². The molecule has 1 aliphatic rings. The number of anilines is 4. The minimum atomic E-state index is -4.12. The van der Waals surface area contributed by atoms with Gasteiger partial charge in [-0.1, -0.05) is 35.9 Å². The highest BCUT2D eigenvalue weighted by Crippen LogP contribution is 2.34. The van der Waals surface area contributed by atoms with Gasteiger partial charge in [0.2, 0.25) is 0 Å². The molecule has 230 valence electrons. The minimum absolute atomic E-state index is 0.0115. The van der Waals surface area contributed by atoms with Crippen LogP contribution in [0.1, 0.15) is 23.2 Å². The predicted molar refractivity (Wildman–Crippen MR) is 173 cm³/mol. The summed E-state index contributed by atoms with van der Waals surface area (Å²) < 4.78 is 63.2. The van der Waals surface area contributed by atoms with E-state index in [0.29, 0.717) is 35.2 Å². The first-order valence-electron chi connectivity index (χ1n) is 13.7. The van der Waals surface area contributed by atoms with E-state index in [1.165, 1.54) is 50.6 Å². The van der Waals surface area contributed by atoms with Crippen molar-refractivity contribution < 1.29 is 26.4 Å². The third-order valence-electron chi connectivity index (χ3n) is 7.23. The van der Waals surface area contributed by atoms with Crippen LogP contribution >= 0.6 is 11.6 Å². The number of hydrogen-bond acceptors (Lipinski definition) is 7. The maximum absolute atomic E-state index is 13.7. The summed E-state index contributed by atoms with van der Waals surface area (Å²) in [6, 6.07) is 23.4. The van der Waals surface area contributed by atoms with Gasteiger partial charge in [-0.15, -0.1) is 0 Å². The number of nitrogens with zero attached hydrogens (tertiary/aromatic N) is 2. The van der Waals surface area contributed by atoms with Gasteiger partial charge in [-0.05, 0) is 79.6 Å². The molecule has 0 unspecified atom stereocenters. The Balaban J connectivity index is 1.44. The Labute approximate surface area is 262 Å². The van der Waals surface area contributed by atoms with E-state index in [1.54, 1.807) is 54.6 Å². The van der Waals surface area contributed by atoms with Crippen LogP contribution in [0.5, 0.6) is 5.75 Å². The van der Waals surface area contributed by atoms with Gasteiger partial charge in [0, 0.05) is 36.4 Å². The van der Waals surface area contributed by atoms with E-state index < -0.39 is 26.0 Å². The second-order valence-corrected chi connectivity index (χ2v) is 14.2. The largest absolute Gasteiger partial charge is 0.495 e. The fourth-order valence-corrected chi connectivity index (χ4v) is 7.67. The second kappa shape index (κ2) is 12.8. The van der Waals surface area contributed by atoms with Gasteiger partial charge < -0.3 is 15.0 Å². The number of halogens is 1. The fraction of sp³-hybridized carbons (Fsp3) is 0.194. The first-order chi connectivity index (χ1) is 21.0. The minimum Gasteiger partial charge on any atom is -0.495 e. The molecule has 13 heteroatoms. The van der Waals surface area contributed by atoms with Crippen LogP contribution in [0, 0.1) is 0 Å². The van der Waals surface area contributed by atoms with Crippen LogP contribution in [-0.4, -0.2) is 50.0 Å². The molecule has 5 rings (SSSR count). The molecular weight excluding hydrogens is 624 g/mol. The lowest BCUT2D eigenvalue weighted by molar-refractivity contribution is 0.102. The molecule has 0 aromatic heterocycles. The second-order valence-electron chi connectivity index (χ2n) is 10.1. The van der Waals surface area contributed by atoms with Gasteiger partial charge in [0.1, 0.15) is 10.6 Å². The van der Waals surface area contributed by atoms with E-state index in [1.807, 2.05) is 4.90 Å². The quantitative estimate of drug-likeness (QED) is 0.221. The van der Waals surface area contributed by atoms with Crippen LogP contribution in [0.15, 0.2) is 101 Å². The number of sulfonamides is 2. The number of hydrogen-bond donors (Lipinski definition) is 2. The molecule has 4 aromatic rings. The summed E-state index contributed by atoms with van der Waals surface area (Å²) in [6.45, 7) is 1.40. The first-order valence-corrected chi connectivity index (χ1v) is 17.0. The van der Waals surface area contributed by atoms with Crippen LogP contribution < -0.4 is 24.0 Å². The monoisotopic (exact) mass is 654 g/mol. The Bertz CT molecular complexity index is 1910. The van der Waals surface area contributed by atoms with Crippen molar-refractivity contribution >= 4 is 60.3 Å². The van der Waals surface area contributed by atoms with E-state index in [2.05, 4.69) is 10.0 Å². The Morgan fingerprint density at radius 1 is 0.886 bits per heavy atom. The van der Waals surface area contributed by atoms with E-state index in [4.69, 9.17) is 16.3 Å². The summed E-state index contributed by atoms with van der Waals surface area (Å²) in [6.07, 6.45) is 1.87. The number of carbonyl (C=O) groups is 1. The molecule has 1 saturated heterocycles. The van der Waals surface area contributed by atoms with Gasteiger partial charge in [0.05, 0.1) is 29.1 Å². The molecule has 1 amide bonds. The van der Waals surface area contributed by atoms with Crippen molar-refractivity contribution in [2.24, 2.45) is 0 Å². The summed E-state index contributed by atoms with van der Waals surface area (Å²) >= 11 is 6.04. The topological polar surface area (TPSA) is 125 Å². The van der Waals surface area contributed by atoms with Crippen molar-refractivity contribution in [3.05, 3.63) is 102 Å². The summed E-state index contributed by atoms with van der Waals surface area (Å²) in [4.78, 5) is 15.2. The van der Waals surface area contributed by atoms with E-state index in [9.17, 15) is 21.6 Å². The molecule has 0 radical (unpaired) electrons. The average Bonchev–Trinajstić information content (AvgIpc) is 3.56. The van der Waals surface area contributed by atoms with Gasteiger partial charge in [-0.3, -0.25) is 13.8 Å². The molecule has 0 atom stereocenters. The Hall–Kier alpha value is -4.26. The lowest BCUT2D eigenvalue weighted by atomic mass is 10.2. The third kappa shape index (κ3) is 6.62. The lowest BCUT2D eigenvalue weighted by Gasteiger charge is -2.23.